The molecule has 13 nitrogen and oxygen atoms in total. The molecule has 0 radical (unpaired) electrons. The van der Waals surface area contributed by atoms with Crippen LogP contribution in [0.15, 0.2) is 224 Å². The summed E-state index contributed by atoms with van der Waals surface area (Å²) in [5, 5.41) is 15.8. The summed E-state index contributed by atoms with van der Waals surface area (Å²) in [6, 6.07) is 67.1. The molecule has 15 heteroatoms. The van der Waals surface area contributed by atoms with Crippen molar-refractivity contribution in [3.05, 3.63) is 241 Å². The number of ether oxygens (including phenoxy) is 9. The van der Waals surface area contributed by atoms with Crippen LogP contribution in [-0.2, 0) is 55.2 Å². The number of aliphatic hydroxyl groups excluding tert-OH is 1. The molecule has 0 amide bonds. The molecule has 0 spiro atoms. The molecule has 7 aromatic carbocycles. The van der Waals surface area contributed by atoms with Gasteiger partial charge in [-0.25, -0.2) is 4.79 Å². The predicted octanol–water partition coefficient (Wildman–Crippen LogP) is 13.9. The average Bonchev–Trinajstić information content (AvgIpc) is 1.04. The van der Waals surface area contributed by atoms with Gasteiger partial charge in [0.15, 0.2) is 11.6 Å². The van der Waals surface area contributed by atoms with Crippen molar-refractivity contribution in [2.24, 2.45) is 0 Å². The van der Waals surface area contributed by atoms with Gasteiger partial charge in [0.05, 0.1) is 58.4 Å². The lowest BCUT2D eigenvalue weighted by Gasteiger charge is -2.43. The highest BCUT2D eigenvalue weighted by Crippen LogP contribution is 2.40. The molecular formula is C79H100O13Si2. The molecule has 0 bridgehead atoms. The van der Waals surface area contributed by atoms with E-state index < -0.39 is 58.6 Å². The monoisotopic (exact) mass is 1310 g/mol. The lowest BCUT2D eigenvalue weighted by atomic mass is 10.0. The molecule has 2 aliphatic heterocycles. The average molecular weight is 1310 g/mol. The summed E-state index contributed by atoms with van der Waals surface area (Å²) in [7, 11) is -2.11. The fourth-order valence-corrected chi connectivity index (χ4v) is 21.8. The van der Waals surface area contributed by atoms with Gasteiger partial charge in [-0.05, 0) is 138 Å². The molecule has 0 aliphatic carbocycles. The maximum atomic E-state index is 13.4. The number of carbonyl (C=O) groups excluding carboxylic acids is 1. The summed E-state index contributed by atoms with van der Waals surface area (Å²) in [6.45, 7) is 24.2. The molecule has 94 heavy (non-hydrogen) atoms. The third-order valence-electron chi connectivity index (χ3n) is 17.0. The Hall–Kier alpha value is -6.84. The molecule has 9 rings (SSSR count). The van der Waals surface area contributed by atoms with E-state index in [0.29, 0.717) is 70.9 Å². The maximum absolute atomic E-state index is 13.4. The van der Waals surface area contributed by atoms with Gasteiger partial charge in [-0.2, -0.15) is 0 Å². The first-order valence-electron chi connectivity index (χ1n) is 33.0. The maximum Gasteiger partial charge on any atom is 0.338 e. The van der Waals surface area contributed by atoms with Gasteiger partial charge in [-0.15, -0.1) is 0 Å². The second kappa shape index (κ2) is 34.2. The van der Waals surface area contributed by atoms with Gasteiger partial charge in [0.25, 0.3) is 16.6 Å². The van der Waals surface area contributed by atoms with Crippen molar-refractivity contribution in [3.8, 4) is 11.5 Å². The fourth-order valence-electron chi connectivity index (χ4n) is 12.6. The Labute approximate surface area is 561 Å². The third-order valence-corrected chi connectivity index (χ3v) is 27.1. The fraction of sp³-hybridized carbons (Fsp3) is 0.405. The van der Waals surface area contributed by atoms with E-state index in [1.165, 1.54) is 20.7 Å². The van der Waals surface area contributed by atoms with Gasteiger partial charge in [0.1, 0.15) is 35.9 Å². The van der Waals surface area contributed by atoms with E-state index in [9.17, 15) is 9.90 Å². The number of rotatable bonds is 30. The number of aliphatic hydroxyl groups is 1. The summed E-state index contributed by atoms with van der Waals surface area (Å²) < 4.78 is 68.1. The van der Waals surface area contributed by atoms with Gasteiger partial charge < -0.3 is 56.6 Å². The molecule has 2 fully saturated rings. The largest absolute Gasteiger partial charge is 0.497 e. The van der Waals surface area contributed by atoms with Gasteiger partial charge in [-0.1, -0.05) is 224 Å². The SMILES string of the molecule is COc1ccc(COCC/C=C\C(O)C2OC(C)(C)O[C@H]2CCO[Si](c2ccccc2)(c2ccccc2)C(C)(C)C)cc1.COc1ccc(COCC/C=C\C(OC(=O)c2ccccc2)C2OC(C)(C)O[C@H]2CCO[Si](c2ccccc2)(c2ccccc2)C(C)(C)C)cc1. The van der Waals surface area contributed by atoms with Crippen molar-refractivity contribution in [3.63, 3.8) is 0 Å². The normalized spacial score (nSPS) is 18.7. The molecule has 2 aliphatic rings. The Morgan fingerprint density at radius 2 is 0.830 bits per heavy atom. The van der Waals surface area contributed by atoms with Gasteiger partial charge in [0.2, 0.25) is 0 Å². The van der Waals surface area contributed by atoms with E-state index in [1.807, 2.05) is 125 Å². The molecule has 0 saturated carbocycles. The zero-order chi connectivity index (χ0) is 67.2. The van der Waals surface area contributed by atoms with E-state index in [2.05, 4.69) is 151 Å². The number of benzene rings is 7. The smallest absolute Gasteiger partial charge is 0.338 e. The van der Waals surface area contributed by atoms with Crippen LogP contribution in [0.4, 0.5) is 0 Å². The van der Waals surface area contributed by atoms with E-state index in [-0.39, 0.29) is 22.3 Å². The highest BCUT2D eigenvalue weighted by molar-refractivity contribution is 7.00. The highest BCUT2D eigenvalue weighted by Gasteiger charge is 2.53. The molecule has 2 saturated heterocycles. The Bertz CT molecular complexity index is 3310. The van der Waals surface area contributed by atoms with E-state index >= 15 is 0 Å². The Kier molecular flexibility index (Phi) is 26.6. The number of hydrogen-bond donors (Lipinski definition) is 1. The van der Waals surface area contributed by atoms with Gasteiger partial charge >= 0.3 is 5.97 Å². The molecule has 1 N–H and O–H groups in total. The van der Waals surface area contributed by atoms with Crippen LogP contribution in [0.2, 0.25) is 10.1 Å². The minimum atomic E-state index is -2.76. The minimum absolute atomic E-state index is 0.112. The third kappa shape index (κ3) is 19.7. The molecule has 0 aromatic heterocycles. The number of esters is 1. The number of methoxy groups -OCH3 is 2. The van der Waals surface area contributed by atoms with Crippen LogP contribution in [0.3, 0.4) is 0 Å². The molecule has 6 atom stereocenters. The molecule has 502 valence electrons. The zero-order valence-corrected chi connectivity index (χ0v) is 59.2. The van der Waals surface area contributed by atoms with E-state index in [0.717, 1.165) is 22.6 Å². The van der Waals surface area contributed by atoms with Crippen molar-refractivity contribution in [2.45, 2.75) is 166 Å². The first kappa shape index (κ1) is 73.0. The zero-order valence-electron chi connectivity index (χ0n) is 57.2. The first-order valence-corrected chi connectivity index (χ1v) is 36.8. The first-order chi connectivity index (χ1) is 45.1. The topological polar surface area (TPSA) is 139 Å². The van der Waals surface area contributed by atoms with Crippen LogP contribution in [0.25, 0.3) is 0 Å². The van der Waals surface area contributed by atoms with E-state index in [4.69, 9.17) is 51.5 Å². The van der Waals surface area contributed by atoms with Crippen LogP contribution in [0.5, 0.6) is 11.5 Å². The number of carbonyl (C=O) groups is 1. The number of hydrogen-bond acceptors (Lipinski definition) is 13. The van der Waals surface area contributed by atoms with Gasteiger partial charge in [0, 0.05) is 13.2 Å². The van der Waals surface area contributed by atoms with Crippen molar-refractivity contribution in [2.75, 3.05) is 40.6 Å². The van der Waals surface area contributed by atoms with Crippen molar-refractivity contribution < 1.29 is 61.4 Å². The summed E-state index contributed by atoms with van der Waals surface area (Å²) >= 11 is 0. The molecule has 4 unspecified atom stereocenters. The summed E-state index contributed by atoms with van der Waals surface area (Å²) in [6.07, 6.45) is 6.88. The molecule has 7 aromatic rings. The second-order valence-corrected chi connectivity index (χ2v) is 35.5. The van der Waals surface area contributed by atoms with Crippen molar-refractivity contribution in [1.29, 1.82) is 0 Å². The molecular weight excluding hydrogens is 1210 g/mol. The Morgan fingerprint density at radius 1 is 0.479 bits per heavy atom. The summed E-state index contributed by atoms with van der Waals surface area (Å²) in [5.41, 5.74) is 2.63. The highest BCUT2D eigenvalue weighted by atomic mass is 28.4. The Morgan fingerprint density at radius 3 is 1.20 bits per heavy atom. The summed E-state index contributed by atoms with van der Waals surface area (Å²) in [5.74, 6) is -0.443. The van der Waals surface area contributed by atoms with Crippen LogP contribution >= 0.6 is 0 Å². The second-order valence-electron chi connectivity index (χ2n) is 26.8. The minimum Gasteiger partial charge on any atom is -0.497 e. The van der Waals surface area contributed by atoms with E-state index in [1.54, 1.807) is 32.4 Å². The predicted molar refractivity (Wildman–Crippen MR) is 378 cm³/mol. The van der Waals surface area contributed by atoms with Crippen molar-refractivity contribution in [1.82, 2.24) is 0 Å². The molecule has 2 heterocycles. The van der Waals surface area contributed by atoms with Crippen LogP contribution in [0, 0.1) is 0 Å². The van der Waals surface area contributed by atoms with Gasteiger partial charge in [-0.3, -0.25) is 0 Å². The lowest BCUT2D eigenvalue weighted by molar-refractivity contribution is -0.153. The van der Waals surface area contributed by atoms with Crippen LogP contribution in [0.1, 0.15) is 116 Å². The van der Waals surface area contributed by atoms with Crippen molar-refractivity contribution >= 4 is 43.4 Å². The quantitative estimate of drug-likeness (QED) is 0.0198. The Balaban J connectivity index is 0.000000245. The standard InChI is InChI=1S/C43H52O7Si.C36H48O6Si/c1-42(2,3)51(36-20-12-8-13-21-36,37-22-14-9-15-23-37)47-31-29-39-40(50-43(4,5)49-39)38(48-41(44)34-18-10-7-11-19-34)24-16-17-30-46-32-33-25-27-35(45-6)28-26-33;1-35(2,3)43(30-15-9-7-10-16-30,31-17-11-8-12-18-31)40-26-24-33-34(42-36(4,5)41-33)32(37)19-13-14-25-39-27-28-20-22-29(38-6)23-21-28/h7-16,18-28,38-40H,17,29-32H2,1-6H3;7-13,15-23,32-34,37H,14,24-27H2,1-6H3/b24-16-;19-13-/t38?,39-,40?;32?,33-,34?/m00/s1. The van der Waals surface area contributed by atoms with Crippen LogP contribution in [-0.4, -0.2) is 117 Å². The van der Waals surface area contributed by atoms with Crippen LogP contribution < -0.4 is 30.2 Å². The lowest BCUT2D eigenvalue weighted by Crippen LogP contribution is -2.66. The summed E-state index contributed by atoms with van der Waals surface area (Å²) in [4.78, 5) is 13.4.